The summed E-state index contributed by atoms with van der Waals surface area (Å²) >= 11 is 0. The van der Waals surface area contributed by atoms with E-state index in [1.54, 1.807) is 29.2 Å². The second-order valence-corrected chi connectivity index (χ2v) is 9.12. The number of benzene rings is 3. The molecule has 2 aliphatic heterocycles. The van der Waals surface area contributed by atoms with Crippen LogP contribution in [0, 0.1) is 0 Å². The minimum atomic E-state index is -0.420. The molecule has 0 spiro atoms. The van der Waals surface area contributed by atoms with E-state index in [1.807, 2.05) is 30.3 Å². The Balaban J connectivity index is 1.22. The molecule has 0 atom stereocenters. The molecule has 0 saturated carbocycles. The molecule has 1 N–H and O–H groups in total. The minimum absolute atomic E-state index is 0.0536. The van der Waals surface area contributed by atoms with Crippen molar-refractivity contribution in [2.75, 3.05) is 31.6 Å². The lowest BCUT2D eigenvalue weighted by Gasteiger charge is -2.15. The van der Waals surface area contributed by atoms with Gasteiger partial charge < -0.3 is 15.0 Å². The molecule has 0 aliphatic carbocycles. The van der Waals surface area contributed by atoms with Crippen molar-refractivity contribution in [1.82, 2.24) is 9.80 Å². The number of carbonyl (C=O) groups is 4. The Kier molecular flexibility index (Phi) is 6.98. The van der Waals surface area contributed by atoms with Gasteiger partial charge in [0.25, 0.3) is 23.6 Å². The number of nitrogens with one attached hydrogen (secondary N) is 1. The van der Waals surface area contributed by atoms with Crippen LogP contribution in [0.3, 0.4) is 0 Å². The first-order valence-electron chi connectivity index (χ1n) is 12.4. The zero-order chi connectivity index (χ0) is 25.8. The Hall–Kier alpha value is -4.46. The summed E-state index contributed by atoms with van der Waals surface area (Å²) in [6.07, 6.45) is 2.59. The number of hydrogen-bond donors (Lipinski definition) is 1. The van der Waals surface area contributed by atoms with Gasteiger partial charge >= 0.3 is 0 Å². The summed E-state index contributed by atoms with van der Waals surface area (Å²) in [5.74, 6) is -0.757. The predicted molar refractivity (Wildman–Crippen MR) is 138 cm³/mol. The molecular formula is C29H27N3O5. The van der Waals surface area contributed by atoms with Crippen molar-refractivity contribution in [2.45, 2.75) is 19.3 Å². The van der Waals surface area contributed by atoms with Gasteiger partial charge in [-0.3, -0.25) is 24.1 Å². The van der Waals surface area contributed by atoms with Crippen LogP contribution in [0.25, 0.3) is 0 Å². The number of carbonyl (C=O) groups excluding carboxylic acids is 4. The molecule has 8 heteroatoms. The highest BCUT2D eigenvalue weighted by molar-refractivity contribution is 6.22. The molecule has 0 unspecified atom stereocenters. The van der Waals surface area contributed by atoms with Crippen molar-refractivity contribution in [3.8, 4) is 5.75 Å². The molecule has 0 aromatic heterocycles. The molecule has 3 aromatic rings. The number of ether oxygens (including phenoxy) is 1. The van der Waals surface area contributed by atoms with Crippen molar-refractivity contribution >= 4 is 29.3 Å². The number of anilines is 1. The lowest BCUT2D eigenvalue weighted by atomic mass is 10.1. The average Bonchev–Trinajstić information content (AvgIpc) is 3.54. The van der Waals surface area contributed by atoms with Crippen LogP contribution in [-0.4, -0.2) is 59.7 Å². The van der Waals surface area contributed by atoms with Crippen LogP contribution in [-0.2, 0) is 11.2 Å². The summed E-state index contributed by atoms with van der Waals surface area (Å²) in [4.78, 5) is 53.9. The summed E-state index contributed by atoms with van der Waals surface area (Å²) in [7, 11) is 0. The van der Waals surface area contributed by atoms with E-state index in [1.165, 1.54) is 23.1 Å². The van der Waals surface area contributed by atoms with Crippen LogP contribution in [0.5, 0.6) is 5.75 Å². The Bertz CT molecular complexity index is 1350. The molecule has 2 heterocycles. The number of fused-ring (bicyclic) bond motifs is 1. The fraction of sp³-hybridized carbons (Fsp3) is 0.241. The van der Waals surface area contributed by atoms with Gasteiger partial charge in [-0.1, -0.05) is 36.4 Å². The smallest absolute Gasteiger partial charge is 0.261 e. The number of likely N-dealkylation sites (tertiary alicyclic amines) is 1. The largest absolute Gasteiger partial charge is 0.484 e. The molecule has 0 radical (unpaired) electrons. The van der Waals surface area contributed by atoms with Crippen LogP contribution in [0.15, 0.2) is 72.8 Å². The fourth-order valence-corrected chi connectivity index (χ4v) is 4.59. The summed E-state index contributed by atoms with van der Waals surface area (Å²) in [6, 6.07) is 21.0. The van der Waals surface area contributed by atoms with Gasteiger partial charge in [-0.05, 0) is 55.2 Å². The summed E-state index contributed by atoms with van der Waals surface area (Å²) < 4.78 is 5.63. The predicted octanol–water partition coefficient (Wildman–Crippen LogP) is 3.78. The van der Waals surface area contributed by atoms with Crippen molar-refractivity contribution < 1.29 is 23.9 Å². The van der Waals surface area contributed by atoms with E-state index in [0.717, 1.165) is 31.5 Å². The Morgan fingerprint density at radius 1 is 0.838 bits per heavy atom. The van der Waals surface area contributed by atoms with Crippen LogP contribution in [0.2, 0.25) is 0 Å². The summed E-state index contributed by atoms with van der Waals surface area (Å²) in [6.45, 7) is 1.74. The average molecular weight is 498 g/mol. The molecule has 2 aliphatic rings. The van der Waals surface area contributed by atoms with Gasteiger partial charge in [-0.25, -0.2) is 0 Å². The molecule has 1 saturated heterocycles. The lowest BCUT2D eigenvalue weighted by molar-refractivity contribution is -0.132. The summed E-state index contributed by atoms with van der Waals surface area (Å²) in [5, 5.41) is 2.79. The number of nitrogens with zero attached hydrogens (tertiary/aromatic N) is 2. The number of amides is 4. The first-order chi connectivity index (χ1) is 18.0. The van der Waals surface area contributed by atoms with E-state index >= 15 is 0 Å². The standard InChI is InChI=1S/C29H27N3O5/c33-26(31-14-4-5-15-31)19-37-23-10-6-9-22(18-23)30-27(34)21-11-12-24-25(17-21)29(36)32(28(24)35)16-13-20-7-2-1-3-8-20/h1-3,6-12,17-18H,4-5,13-16,19H2,(H,30,34). The van der Waals surface area contributed by atoms with E-state index in [4.69, 9.17) is 4.74 Å². The fourth-order valence-electron chi connectivity index (χ4n) is 4.59. The molecule has 188 valence electrons. The molecule has 4 amide bonds. The first-order valence-corrected chi connectivity index (χ1v) is 12.4. The van der Waals surface area contributed by atoms with E-state index in [0.29, 0.717) is 23.4 Å². The monoisotopic (exact) mass is 497 g/mol. The maximum Gasteiger partial charge on any atom is 0.261 e. The second kappa shape index (κ2) is 10.7. The number of imide groups is 1. The van der Waals surface area contributed by atoms with E-state index in [-0.39, 0.29) is 36.1 Å². The van der Waals surface area contributed by atoms with Crippen LogP contribution >= 0.6 is 0 Å². The Morgan fingerprint density at radius 3 is 2.38 bits per heavy atom. The zero-order valence-corrected chi connectivity index (χ0v) is 20.3. The topological polar surface area (TPSA) is 96.0 Å². The molecule has 37 heavy (non-hydrogen) atoms. The lowest BCUT2D eigenvalue weighted by Crippen LogP contribution is -2.32. The minimum Gasteiger partial charge on any atom is -0.484 e. The Morgan fingerprint density at radius 2 is 1.59 bits per heavy atom. The maximum absolute atomic E-state index is 13.0. The molecule has 5 rings (SSSR count). The molecule has 3 aromatic carbocycles. The van der Waals surface area contributed by atoms with Crippen molar-refractivity contribution in [2.24, 2.45) is 0 Å². The van der Waals surface area contributed by atoms with Crippen molar-refractivity contribution in [1.29, 1.82) is 0 Å². The van der Waals surface area contributed by atoms with Crippen LogP contribution < -0.4 is 10.1 Å². The molecular weight excluding hydrogens is 470 g/mol. The van der Waals surface area contributed by atoms with Crippen molar-refractivity contribution in [3.63, 3.8) is 0 Å². The SMILES string of the molecule is O=C(Nc1cccc(OCC(=O)N2CCCC2)c1)c1ccc2c(c1)C(=O)N(CCc1ccccc1)C2=O. The van der Waals surface area contributed by atoms with E-state index in [2.05, 4.69) is 5.32 Å². The highest BCUT2D eigenvalue weighted by atomic mass is 16.5. The summed E-state index contributed by atoms with van der Waals surface area (Å²) in [5.41, 5.74) is 2.31. The van der Waals surface area contributed by atoms with Gasteiger partial charge in [-0.2, -0.15) is 0 Å². The number of rotatable bonds is 8. The first kappa shape index (κ1) is 24.2. The van der Waals surface area contributed by atoms with Gasteiger partial charge in [0.1, 0.15) is 5.75 Å². The molecule has 0 bridgehead atoms. The zero-order valence-electron chi connectivity index (χ0n) is 20.3. The third-order valence-corrected chi connectivity index (χ3v) is 6.61. The van der Waals surface area contributed by atoms with Gasteiger partial charge in [-0.15, -0.1) is 0 Å². The maximum atomic E-state index is 13.0. The van der Waals surface area contributed by atoms with E-state index in [9.17, 15) is 19.2 Å². The van der Waals surface area contributed by atoms with Crippen LogP contribution in [0.1, 0.15) is 49.5 Å². The quantitative estimate of drug-likeness (QED) is 0.478. The van der Waals surface area contributed by atoms with Gasteiger partial charge in [0, 0.05) is 37.0 Å². The van der Waals surface area contributed by atoms with Crippen LogP contribution in [0.4, 0.5) is 5.69 Å². The Labute approximate surface area is 214 Å². The number of hydrogen-bond acceptors (Lipinski definition) is 5. The molecule has 8 nitrogen and oxygen atoms in total. The van der Waals surface area contributed by atoms with Gasteiger partial charge in [0.2, 0.25) is 0 Å². The van der Waals surface area contributed by atoms with Gasteiger partial charge in [0.15, 0.2) is 6.61 Å². The normalized spacial score (nSPS) is 14.6. The highest BCUT2D eigenvalue weighted by Crippen LogP contribution is 2.25. The van der Waals surface area contributed by atoms with Crippen molar-refractivity contribution in [3.05, 3.63) is 95.1 Å². The van der Waals surface area contributed by atoms with Gasteiger partial charge in [0.05, 0.1) is 11.1 Å². The molecule has 1 fully saturated rings. The second-order valence-electron chi connectivity index (χ2n) is 9.12. The van der Waals surface area contributed by atoms with E-state index < -0.39 is 11.8 Å². The third-order valence-electron chi connectivity index (χ3n) is 6.61. The third kappa shape index (κ3) is 5.38. The highest BCUT2D eigenvalue weighted by Gasteiger charge is 2.35.